The summed E-state index contributed by atoms with van der Waals surface area (Å²) < 4.78 is 9.69. The van der Waals surface area contributed by atoms with Gasteiger partial charge in [-0.15, -0.1) is 22.7 Å². The fourth-order valence-electron chi connectivity index (χ4n) is 8.78. The summed E-state index contributed by atoms with van der Waals surface area (Å²) in [7, 11) is 0. The zero-order chi connectivity index (χ0) is 33.3. The van der Waals surface area contributed by atoms with Crippen molar-refractivity contribution in [2.45, 2.75) is 44.9 Å². The highest BCUT2D eigenvalue weighted by atomic mass is 32.1. The molecule has 1 atom stereocenters. The summed E-state index contributed by atoms with van der Waals surface area (Å²) in [5.74, 6) is 0.369. The molecular weight excluding hydrogens is 665 g/mol. The van der Waals surface area contributed by atoms with Gasteiger partial charge in [-0.25, -0.2) is 0 Å². The number of rotatable bonds is 0. The zero-order valence-corrected chi connectivity index (χ0v) is 30.5. The second-order valence-electron chi connectivity index (χ2n) is 14.7. The van der Waals surface area contributed by atoms with Crippen molar-refractivity contribution in [2.75, 3.05) is 0 Å². The topological polar surface area (TPSA) is 25.8 Å². The van der Waals surface area contributed by atoms with Crippen molar-refractivity contribution in [1.29, 1.82) is 0 Å². The molecular formula is C45H32N2S3. The lowest BCUT2D eigenvalue weighted by Gasteiger charge is -2.22. The molecule has 0 amide bonds. The minimum Gasteiger partial charge on any atom is -0.172 e. The predicted molar refractivity (Wildman–Crippen MR) is 213 cm³/mol. The third-order valence-electron chi connectivity index (χ3n) is 11.6. The van der Waals surface area contributed by atoms with E-state index in [2.05, 4.69) is 130 Å². The van der Waals surface area contributed by atoms with E-state index in [4.69, 9.17) is 8.75 Å². The molecule has 1 unspecified atom stereocenters. The Morgan fingerprint density at radius 2 is 0.980 bits per heavy atom. The fraction of sp³-hybridized carbons (Fsp3) is 0.156. The van der Waals surface area contributed by atoms with E-state index in [-0.39, 0.29) is 5.41 Å². The summed E-state index contributed by atoms with van der Waals surface area (Å²) in [6, 6.07) is 42.2. The number of aryl methyl sites for hydroxylation is 2. The summed E-state index contributed by atoms with van der Waals surface area (Å²) in [5, 5.41) is 0. The molecule has 5 heterocycles. The van der Waals surface area contributed by atoms with Crippen LogP contribution in [0.5, 0.6) is 0 Å². The van der Waals surface area contributed by atoms with Gasteiger partial charge >= 0.3 is 0 Å². The maximum Gasteiger partial charge on any atom is 0.114 e. The van der Waals surface area contributed by atoms with Crippen LogP contribution in [0.15, 0.2) is 109 Å². The summed E-state index contributed by atoms with van der Waals surface area (Å²) in [5.41, 5.74) is 20.9. The van der Waals surface area contributed by atoms with Gasteiger partial charge in [0.2, 0.25) is 0 Å². The monoisotopic (exact) mass is 696 g/mol. The highest BCUT2D eigenvalue weighted by Gasteiger charge is 2.36. The molecule has 240 valence electrons. The van der Waals surface area contributed by atoms with Crippen molar-refractivity contribution >= 4 is 45.4 Å². The van der Waals surface area contributed by atoms with Crippen LogP contribution in [-0.2, 0) is 18.3 Å². The number of benzene rings is 5. The van der Waals surface area contributed by atoms with Crippen LogP contribution in [0.2, 0.25) is 0 Å². The first kappa shape index (κ1) is 29.1. The number of aromatic nitrogens is 2. The summed E-state index contributed by atoms with van der Waals surface area (Å²) >= 11 is 5.00. The molecule has 2 aliphatic heterocycles. The molecule has 0 N–H and O–H groups in total. The molecule has 3 aromatic heterocycles. The van der Waals surface area contributed by atoms with E-state index in [1.807, 2.05) is 22.7 Å². The van der Waals surface area contributed by atoms with E-state index >= 15 is 0 Å². The first-order valence-corrected chi connectivity index (χ1v) is 19.8. The molecule has 5 heteroatoms. The molecule has 50 heavy (non-hydrogen) atoms. The number of hydrogen-bond donors (Lipinski definition) is 0. The molecule has 2 aliphatic carbocycles. The molecule has 0 saturated heterocycles. The van der Waals surface area contributed by atoms with E-state index in [9.17, 15) is 0 Å². The van der Waals surface area contributed by atoms with Gasteiger partial charge in [0.1, 0.15) is 11.0 Å². The highest BCUT2D eigenvalue weighted by Crippen LogP contribution is 2.52. The van der Waals surface area contributed by atoms with Gasteiger partial charge in [0.15, 0.2) is 0 Å². The normalized spacial score (nSPS) is 16.1. The second-order valence-corrected chi connectivity index (χ2v) is 17.4. The van der Waals surface area contributed by atoms with Gasteiger partial charge in [0, 0.05) is 42.0 Å². The number of nitrogens with zero attached hydrogens (tertiary/aromatic N) is 2. The molecule has 5 aromatic carbocycles. The molecule has 0 radical (unpaired) electrons. The van der Waals surface area contributed by atoms with Crippen LogP contribution in [0, 0.1) is 0 Å². The predicted octanol–water partition coefficient (Wildman–Crippen LogP) is 13.0. The molecule has 0 saturated carbocycles. The first-order chi connectivity index (χ1) is 24.4. The van der Waals surface area contributed by atoms with Crippen LogP contribution in [0.4, 0.5) is 0 Å². The van der Waals surface area contributed by atoms with Crippen LogP contribution in [0.25, 0.3) is 75.0 Å². The standard InChI is InChI=1S/C45H32N2S3/c1-24-35-20-25-4-5-26-7-11-31-32-13-9-28(23-38(32)45(2,3)37(31)21-26)40-17-19-42(49-40)34-15-14-33(43-44(34)47-50-46-43)41-18-16-39(48-41)27-8-12-30(36(24)22-27)29(35)10-6-25/h6-24H,4-5H2,1-3H3. The van der Waals surface area contributed by atoms with Crippen molar-refractivity contribution in [1.82, 2.24) is 8.75 Å². The van der Waals surface area contributed by atoms with E-state index < -0.39 is 0 Å². The Morgan fingerprint density at radius 3 is 1.64 bits per heavy atom. The molecule has 2 nitrogen and oxygen atoms in total. The minimum absolute atomic E-state index is 0.0642. The maximum atomic E-state index is 4.84. The third kappa shape index (κ3) is 4.11. The van der Waals surface area contributed by atoms with Gasteiger partial charge < -0.3 is 0 Å². The van der Waals surface area contributed by atoms with Gasteiger partial charge in [-0.2, -0.15) is 8.75 Å². The van der Waals surface area contributed by atoms with E-state index in [1.165, 1.54) is 98.0 Å². The molecule has 0 fully saturated rings. The van der Waals surface area contributed by atoms with Crippen LogP contribution < -0.4 is 0 Å². The van der Waals surface area contributed by atoms with Gasteiger partial charge in [-0.1, -0.05) is 93.6 Å². The second kappa shape index (κ2) is 10.4. The van der Waals surface area contributed by atoms with Crippen LogP contribution in [0.3, 0.4) is 0 Å². The zero-order valence-electron chi connectivity index (χ0n) is 28.0. The van der Waals surface area contributed by atoms with Crippen LogP contribution >= 0.6 is 34.4 Å². The molecule has 0 spiro atoms. The van der Waals surface area contributed by atoms with Crippen LogP contribution in [-0.4, -0.2) is 8.75 Å². The van der Waals surface area contributed by atoms with Crippen molar-refractivity contribution in [3.05, 3.63) is 143 Å². The Labute approximate surface area is 304 Å². The largest absolute Gasteiger partial charge is 0.172 e. The molecule has 12 rings (SSSR count). The fourth-order valence-corrected chi connectivity index (χ4v) is 11.4. The van der Waals surface area contributed by atoms with Crippen molar-refractivity contribution in [2.24, 2.45) is 0 Å². The summed E-state index contributed by atoms with van der Waals surface area (Å²) in [6.45, 7) is 7.17. The molecule has 14 bridgehead atoms. The maximum absolute atomic E-state index is 4.84. The SMILES string of the molecule is CC1c2cc3ccc2-c2ccc(cc21)-c1ccc(s1)-c1ccc(c2nsnc12)-c1ccc(s1)-c1ccc2c(c1)C(C)(C)c1cc(ccc1-2)CC3. The highest BCUT2D eigenvalue weighted by molar-refractivity contribution is 7.19. The van der Waals surface area contributed by atoms with Crippen molar-refractivity contribution in [3.8, 4) is 64.0 Å². The van der Waals surface area contributed by atoms with Crippen molar-refractivity contribution in [3.63, 3.8) is 0 Å². The van der Waals surface area contributed by atoms with Crippen LogP contribution in [0.1, 0.15) is 60.1 Å². The lowest BCUT2D eigenvalue weighted by Crippen LogP contribution is -2.15. The Hall–Kier alpha value is -4.68. The first-order valence-electron chi connectivity index (χ1n) is 17.4. The van der Waals surface area contributed by atoms with Gasteiger partial charge in [0.05, 0.1) is 11.7 Å². The Kier molecular flexibility index (Phi) is 6.07. The average molecular weight is 697 g/mol. The summed E-state index contributed by atoms with van der Waals surface area (Å²) in [6.07, 6.45) is 2.08. The molecule has 4 aliphatic rings. The van der Waals surface area contributed by atoms with Gasteiger partial charge in [0.25, 0.3) is 0 Å². The Bertz CT molecular complexity index is 2720. The van der Waals surface area contributed by atoms with E-state index in [1.54, 1.807) is 0 Å². The van der Waals surface area contributed by atoms with E-state index in [0.717, 1.165) is 35.0 Å². The smallest absolute Gasteiger partial charge is 0.114 e. The Balaban J connectivity index is 1.09. The quantitative estimate of drug-likeness (QED) is 0.158. The Morgan fingerprint density at radius 1 is 0.500 bits per heavy atom. The number of hydrogen-bond acceptors (Lipinski definition) is 5. The van der Waals surface area contributed by atoms with Gasteiger partial charge in [-0.05, 0) is 116 Å². The lowest BCUT2D eigenvalue weighted by atomic mass is 9.81. The summed E-state index contributed by atoms with van der Waals surface area (Å²) in [4.78, 5) is 5.02. The van der Waals surface area contributed by atoms with E-state index in [0.29, 0.717) is 5.92 Å². The molecule has 8 aromatic rings. The lowest BCUT2D eigenvalue weighted by molar-refractivity contribution is 0.659. The number of fused-ring (bicyclic) bond motifs is 4. The third-order valence-corrected chi connectivity index (χ3v) is 14.4. The van der Waals surface area contributed by atoms with Crippen molar-refractivity contribution < 1.29 is 0 Å². The van der Waals surface area contributed by atoms with Gasteiger partial charge in [-0.3, -0.25) is 0 Å². The number of thiophene rings is 2. The average Bonchev–Trinajstić information content (AvgIpc) is 3.98. The minimum atomic E-state index is -0.0642.